The second-order valence-electron chi connectivity index (χ2n) is 2.47. The molecule has 0 aliphatic carbocycles. The normalized spacial score (nSPS) is 11.0. The van der Waals surface area contributed by atoms with Crippen LogP contribution in [0, 0.1) is 0 Å². The van der Waals surface area contributed by atoms with Crippen molar-refractivity contribution in [3.63, 3.8) is 0 Å². The highest BCUT2D eigenvalue weighted by Crippen LogP contribution is 2.27. The van der Waals surface area contributed by atoms with Crippen LogP contribution in [0.3, 0.4) is 0 Å². The van der Waals surface area contributed by atoms with E-state index >= 15 is 0 Å². The molecule has 0 radical (unpaired) electrons. The van der Waals surface area contributed by atoms with Crippen molar-refractivity contribution in [1.29, 1.82) is 0 Å². The molecule has 1 heterocycles. The van der Waals surface area contributed by atoms with E-state index in [4.69, 9.17) is 0 Å². The maximum Gasteiger partial charge on any atom is 0.187 e. The van der Waals surface area contributed by atoms with E-state index in [1.165, 1.54) is 4.09 Å². The van der Waals surface area contributed by atoms with Crippen molar-refractivity contribution in [2.75, 3.05) is 0 Å². The maximum atomic E-state index is 12.2. The molecular weight excluding hydrogens is 231 g/mol. The van der Waals surface area contributed by atoms with Gasteiger partial charge in [-0.1, -0.05) is 13.8 Å². The molecule has 0 spiro atoms. The molecule has 5 heteroatoms. The Morgan fingerprint density at radius 2 is 2.36 bits per heavy atom. The molecule has 0 aliphatic rings. The Morgan fingerprint density at radius 1 is 1.73 bits per heavy atom. The van der Waals surface area contributed by atoms with E-state index in [9.17, 15) is 3.89 Å². The van der Waals surface area contributed by atoms with Gasteiger partial charge < -0.3 is 0 Å². The number of aromatic nitrogens is 2. The van der Waals surface area contributed by atoms with Crippen molar-refractivity contribution in [2.24, 2.45) is 0 Å². The highest BCUT2D eigenvalue weighted by atomic mass is 79.9. The lowest BCUT2D eigenvalue weighted by molar-refractivity contribution is 0.764. The zero-order valence-electron chi connectivity index (χ0n) is 6.21. The third kappa shape index (κ3) is 1.76. The fraction of sp³-hybridized carbons (Fsp3) is 0.500. The topological polar surface area (TPSA) is 17.8 Å². The van der Waals surface area contributed by atoms with Crippen LogP contribution in [0.25, 0.3) is 0 Å². The summed E-state index contributed by atoms with van der Waals surface area (Å²) in [6, 6.07) is 0. The zero-order valence-corrected chi connectivity index (χ0v) is 8.62. The van der Waals surface area contributed by atoms with Crippen LogP contribution in [0.15, 0.2) is 10.7 Å². The van der Waals surface area contributed by atoms with Gasteiger partial charge in [0.1, 0.15) is 0 Å². The monoisotopic (exact) mass is 238 g/mol. The molecule has 62 valence electrons. The summed E-state index contributed by atoms with van der Waals surface area (Å²) in [6.07, 6.45) is 1.60. The van der Waals surface area contributed by atoms with Gasteiger partial charge in [0.25, 0.3) is 0 Å². The van der Waals surface area contributed by atoms with Gasteiger partial charge >= 0.3 is 0 Å². The Hall–Kier alpha value is -0.0300. The van der Waals surface area contributed by atoms with Gasteiger partial charge in [-0.05, 0) is 21.8 Å². The minimum absolute atomic E-state index is 0.120. The van der Waals surface area contributed by atoms with Crippen LogP contribution in [0.4, 0.5) is 3.89 Å². The summed E-state index contributed by atoms with van der Waals surface area (Å²) in [6.45, 7) is 3.99. The lowest BCUT2D eigenvalue weighted by atomic mass is 10.1. The molecule has 0 fully saturated rings. The van der Waals surface area contributed by atoms with E-state index < -0.39 is 0 Å². The lowest BCUT2D eigenvalue weighted by Gasteiger charge is -2.04. The second-order valence-corrected chi connectivity index (χ2v) is 3.81. The number of rotatable bonds is 2. The summed E-state index contributed by atoms with van der Waals surface area (Å²) in [4.78, 5) is 0. The van der Waals surface area contributed by atoms with Crippen LogP contribution >= 0.6 is 28.3 Å². The van der Waals surface area contributed by atoms with Gasteiger partial charge in [-0.15, -0.1) is 3.89 Å². The van der Waals surface area contributed by atoms with Crippen molar-refractivity contribution in [3.05, 3.63) is 16.4 Å². The molecule has 0 bridgehead atoms. The average molecular weight is 239 g/mol. The summed E-state index contributed by atoms with van der Waals surface area (Å²) in [5, 5.41) is 3.81. The van der Waals surface area contributed by atoms with E-state index in [-0.39, 0.29) is 18.3 Å². The highest BCUT2D eigenvalue weighted by molar-refractivity contribution is 9.10. The maximum absolute atomic E-state index is 12.2. The zero-order chi connectivity index (χ0) is 8.43. The first-order valence-electron chi connectivity index (χ1n) is 3.19. The van der Waals surface area contributed by atoms with E-state index in [2.05, 4.69) is 21.0 Å². The highest BCUT2D eigenvalue weighted by Gasteiger charge is 2.12. The SMILES string of the molecule is CC(C)c1c(Br)cnn1SF. The molecule has 1 aromatic heterocycles. The van der Waals surface area contributed by atoms with E-state index in [1.54, 1.807) is 6.20 Å². The van der Waals surface area contributed by atoms with Crippen molar-refractivity contribution >= 4 is 28.3 Å². The molecule has 0 N–H and O–H groups in total. The first-order valence-corrected chi connectivity index (χ1v) is 4.66. The number of hydrogen-bond donors (Lipinski definition) is 0. The van der Waals surface area contributed by atoms with Gasteiger partial charge in [-0.2, -0.15) is 9.19 Å². The largest absolute Gasteiger partial charge is 0.187 e. The number of nitrogens with zero attached hydrogens (tertiary/aromatic N) is 2. The summed E-state index contributed by atoms with van der Waals surface area (Å²) >= 11 is 3.42. The number of halogens is 2. The predicted molar refractivity (Wildman–Crippen MR) is 48.1 cm³/mol. The molecule has 0 saturated carbocycles. The Bertz CT molecular complexity index is 249. The summed E-state index contributed by atoms with van der Waals surface area (Å²) < 4.78 is 14.3. The van der Waals surface area contributed by atoms with Crippen LogP contribution in [-0.2, 0) is 0 Å². The molecule has 0 aromatic carbocycles. The first-order chi connectivity index (χ1) is 5.16. The summed E-state index contributed by atoms with van der Waals surface area (Å²) in [5.41, 5.74) is 0.873. The van der Waals surface area contributed by atoms with Crippen molar-refractivity contribution in [2.45, 2.75) is 19.8 Å². The van der Waals surface area contributed by atoms with Gasteiger partial charge in [0.15, 0.2) is 12.3 Å². The molecule has 0 atom stereocenters. The fourth-order valence-electron chi connectivity index (χ4n) is 0.874. The predicted octanol–water partition coefficient (Wildman–Crippen LogP) is 3.15. The van der Waals surface area contributed by atoms with Crippen molar-refractivity contribution in [1.82, 2.24) is 9.19 Å². The molecule has 11 heavy (non-hydrogen) atoms. The molecule has 0 saturated heterocycles. The first kappa shape index (κ1) is 9.06. The van der Waals surface area contributed by atoms with Crippen molar-refractivity contribution < 1.29 is 3.89 Å². The van der Waals surface area contributed by atoms with Crippen LogP contribution in [0.1, 0.15) is 25.5 Å². The van der Waals surface area contributed by atoms with Gasteiger partial charge in [0.2, 0.25) is 0 Å². The van der Waals surface area contributed by atoms with E-state index in [0.717, 1.165) is 10.2 Å². The van der Waals surface area contributed by atoms with Crippen LogP contribution in [0.5, 0.6) is 0 Å². The second kappa shape index (κ2) is 3.58. The minimum Gasteiger partial charge on any atom is -0.180 e. The smallest absolute Gasteiger partial charge is 0.180 e. The quantitative estimate of drug-likeness (QED) is 0.788. The molecule has 0 unspecified atom stereocenters. The molecule has 0 aliphatic heterocycles. The molecule has 2 nitrogen and oxygen atoms in total. The Labute approximate surface area is 77.7 Å². The third-order valence-corrected chi connectivity index (χ3v) is 2.37. The minimum atomic E-state index is 0.120. The molecule has 0 amide bonds. The van der Waals surface area contributed by atoms with Gasteiger partial charge in [0, 0.05) is 0 Å². The molecule has 1 aromatic rings. The molecular formula is C6H8BrFN2S. The van der Waals surface area contributed by atoms with E-state index in [0.29, 0.717) is 0 Å². The van der Waals surface area contributed by atoms with Crippen LogP contribution in [-0.4, -0.2) is 9.19 Å². The summed E-state index contributed by atoms with van der Waals surface area (Å²) in [5.74, 6) is 0.273. The van der Waals surface area contributed by atoms with Gasteiger partial charge in [0.05, 0.1) is 16.4 Å². The Balaban J connectivity index is 3.07. The van der Waals surface area contributed by atoms with Crippen molar-refractivity contribution in [3.8, 4) is 0 Å². The average Bonchev–Trinajstić information content (AvgIpc) is 2.30. The standard InChI is InChI=1S/C6H8BrFN2S/c1-4(2)6-5(7)3-9-10(6)11-8/h3-4H,1-2H3. The third-order valence-electron chi connectivity index (χ3n) is 1.34. The fourth-order valence-corrected chi connectivity index (χ4v) is 2.18. The lowest BCUT2D eigenvalue weighted by Crippen LogP contribution is -1.97. The Morgan fingerprint density at radius 3 is 2.73 bits per heavy atom. The van der Waals surface area contributed by atoms with Crippen LogP contribution < -0.4 is 0 Å². The Kier molecular flexibility index (Phi) is 2.95. The summed E-state index contributed by atoms with van der Waals surface area (Å²) in [7, 11) is 0. The van der Waals surface area contributed by atoms with Gasteiger partial charge in [-0.25, -0.2) is 0 Å². The van der Waals surface area contributed by atoms with E-state index in [1.807, 2.05) is 13.8 Å². The number of hydrogen-bond acceptors (Lipinski definition) is 2. The van der Waals surface area contributed by atoms with Crippen LogP contribution in [0.2, 0.25) is 0 Å². The molecule has 1 rings (SSSR count). The van der Waals surface area contributed by atoms with Gasteiger partial charge in [-0.3, -0.25) is 0 Å².